The van der Waals surface area contributed by atoms with Gasteiger partial charge < -0.3 is 30.2 Å². The first-order chi connectivity index (χ1) is 10.4. The van der Waals surface area contributed by atoms with Crippen molar-refractivity contribution in [2.75, 3.05) is 80.5 Å². The predicted octanol–water partition coefficient (Wildman–Crippen LogP) is -0.524. The first-order valence-electron chi connectivity index (χ1n) is 7.75. The lowest BCUT2D eigenvalue weighted by atomic mass is 10.3. The fourth-order valence-corrected chi connectivity index (χ4v) is 2.68. The molecule has 1 saturated heterocycles. The minimum atomic E-state index is 0.855. The molecular weight excluding hydrogens is 316 g/mol. The monoisotopic (exact) mass is 346 g/mol. The zero-order valence-electron chi connectivity index (χ0n) is 14.3. The molecule has 0 unspecified atom stereocenters. The Kier molecular flexibility index (Phi) is 8.92. The number of rotatable bonds is 6. The van der Waals surface area contributed by atoms with E-state index >= 15 is 0 Å². The number of likely N-dealkylation sites (N-methyl/N-ethyl adjacent to an activating group) is 2. The van der Waals surface area contributed by atoms with Gasteiger partial charge >= 0.3 is 0 Å². The number of thiocarbonyl (C=S) groups is 2. The quantitative estimate of drug-likeness (QED) is 0.622. The molecule has 0 saturated carbocycles. The highest BCUT2D eigenvalue weighted by atomic mass is 32.1. The highest BCUT2D eigenvalue weighted by molar-refractivity contribution is 7.80. The summed E-state index contributed by atoms with van der Waals surface area (Å²) in [5.74, 6) is 0. The summed E-state index contributed by atoms with van der Waals surface area (Å²) in [7, 11) is 8.25. The number of nitrogens with zero attached hydrogens (tertiary/aromatic N) is 4. The average Bonchev–Trinajstić information content (AvgIpc) is 2.46. The minimum absolute atomic E-state index is 0.855. The molecule has 0 atom stereocenters. The Balaban J connectivity index is 2.22. The number of piperazine rings is 1. The van der Waals surface area contributed by atoms with Gasteiger partial charge in [-0.25, -0.2) is 0 Å². The maximum Gasteiger partial charge on any atom is 0.169 e. The Labute approximate surface area is 145 Å². The number of hydrogen-bond donors (Lipinski definition) is 2. The molecule has 2 N–H and O–H groups in total. The number of nitrogens with one attached hydrogen (secondary N) is 2. The average molecular weight is 347 g/mol. The summed E-state index contributed by atoms with van der Waals surface area (Å²) in [6.45, 7) is 7.42. The molecule has 1 rings (SSSR count). The Morgan fingerprint density at radius 2 is 1.09 bits per heavy atom. The normalized spacial score (nSPS) is 15.4. The van der Waals surface area contributed by atoms with E-state index < -0.39 is 0 Å². The van der Waals surface area contributed by atoms with E-state index in [1.165, 1.54) is 0 Å². The van der Waals surface area contributed by atoms with Crippen molar-refractivity contribution < 1.29 is 0 Å². The molecule has 0 aliphatic carbocycles. The SMILES string of the molecule is CN(C)CCNC(=S)N1CCN(C(=S)NCCN(C)C)CC1. The second-order valence-corrected chi connectivity index (χ2v) is 6.82. The molecule has 22 heavy (non-hydrogen) atoms. The van der Waals surface area contributed by atoms with Gasteiger partial charge in [0.05, 0.1) is 0 Å². The van der Waals surface area contributed by atoms with Gasteiger partial charge in [-0.05, 0) is 52.6 Å². The lowest BCUT2D eigenvalue weighted by molar-refractivity contribution is 0.253. The highest BCUT2D eigenvalue weighted by Crippen LogP contribution is 2.02. The molecule has 0 amide bonds. The van der Waals surface area contributed by atoms with Crippen LogP contribution in [0.1, 0.15) is 0 Å². The molecule has 0 spiro atoms. The molecule has 0 aromatic carbocycles. The van der Waals surface area contributed by atoms with Crippen LogP contribution >= 0.6 is 24.4 Å². The molecule has 128 valence electrons. The van der Waals surface area contributed by atoms with Gasteiger partial charge in [0.15, 0.2) is 10.2 Å². The summed E-state index contributed by atoms with van der Waals surface area (Å²) in [6, 6.07) is 0. The molecule has 8 heteroatoms. The van der Waals surface area contributed by atoms with Crippen molar-refractivity contribution in [2.24, 2.45) is 0 Å². The third kappa shape index (κ3) is 7.53. The Morgan fingerprint density at radius 3 is 1.36 bits per heavy atom. The van der Waals surface area contributed by atoms with Crippen molar-refractivity contribution in [1.82, 2.24) is 30.2 Å². The van der Waals surface area contributed by atoms with Gasteiger partial charge in [-0.3, -0.25) is 0 Å². The van der Waals surface area contributed by atoms with Crippen molar-refractivity contribution in [2.45, 2.75) is 0 Å². The lowest BCUT2D eigenvalue weighted by Gasteiger charge is -2.37. The van der Waals surface area contributed by atoms with Crippen LogP contribution in [0.2, 0.25) is 0 Å². The van der Waals surface area contributed by atoms with Gasteiger partial charge in [-0.15, -0.1) is 0 Å². The van der Waals surface area contributed by atoms with E-state index in [4.69, 9.17) is 24.4 Å². The highest BCUT2D eigenvalue weighted by Gasteiger charge is 2.20. The van der Waals surface area contributed by atoms with Crippen LogP contribution in [0.15, 0.2) is 0 Å². The van der Waals surface area contributed by atoms with Gasteiger partial charge in [0.25, 0.3) is 0 Å². The number of hydrogen-bond acceptors (Lipinski definition) is 4. The van der Waals surface area contributed by atoms with Crippen LogP contribution in [-0.4, -0.2) is 110 Å². The maximum atomic E-state index is 5.45. The molecule has 0 aromatic heterocycles. The first-order valence-corrected chi connectivity index (χ1v) is 8.57. The van der Waals surface area contributed by atoms with Crippen molar-refractivity contribution in [3.05, 3.63) is 0 Å². The summed E-state index contributed by atoms with van der Waals surface area (Å²) >= 11 is 10.9. The van der Waals surface area contributed by atoms with E-state index in [9.17, 15) is 0 Å². The zero-order valence-corrected chi connectivity index (χ0v) is 15.9. The fraction of sp³-hybridized carbons (Fsp3) is 0.857. The van der Waals surface area contributed by atoms with Crippen LogP contribution in [0.5, 0.6) is 0 Å². The van der Waals surface area contributed by atoms with Crippen LogP contribution < -0.4 is 10.6 Å². The van der Waals surface area contributed by atoms with Crippen molar-refractivity contribution >= 4 is 34.7 Å². The van der Waals surface area contributed by atoms with Crippen molar-refractivity contribution in [1.29, 1.82) is 0 Å². The molecule has 0 aromatic rings. The fourth-order valence-electron chi connectivity index (χ4n) is 2.11. The molecule has 1 heterocycles. The van der Waals surface area contributed by atoms with Crippen molar-refractivity contribution in [3.8, 4) is 0 Å². The van der Waals surface area contributed by atoms with Crippen LogP contribution in [0.4, 0.5) is 0 Å². The summed E-state index contributed by atoms with van der Waals surface area (Å²) in [4.78, 5) is 8.74. The molecule has 1 aliphatic heterocycles. The summed E-state index contributed by atoms with van der Waals surface area (Å²) in [5.41, 5.74) is 0. The summed E-state index contributed by atoms with van der Waals surface area (Å²) in [6.07, 6.45) is 0. The van der Waals surface area contributed by atoms with Gasteiger partial charge in [-0.1, -0.05) is 0 Å². The van der Waals surface area contributed by atoms with Crippen LogP contribution in [0, 0.1) is 0 Å². The largest absolute Gasteiger partial charge is 0.361 e. The van der Waals surface area contributed by atoms with E-state index in [-0.39, 0.29) is 0 Å². The lowest BCUT2D eigenvalue weighted by Crippen LogP contribution is -2.55. The standard InChI is InChI=1S/C14H30N6S2/c1-17(2)7-5-15-13(21)19-9-11-20(12-10-19)14(22)16-6-8-18(3)4/h5-12H2,1-4H3,(H,15,21)(H,16,22). The van der Waals surface area contributed by atoms with Gasteiger partial charge in [0.2, 0.25) is 0 Å². The second-order valence-electron chi connectivity index (χ2n) is 6.04. The van der Waals surface area contributed by atoms with Gasteiger partial charge in [-0.2, -0.15) is 0 Å². The van der Waals surface area contributed by atoms with E-state index in [0.717, 1.165) is 62.6 Å². The molecule has 0 bridgehead atoms. The maximum absolute atomic E-state index is 5.45. The molecule has 1 fully saturated rings. The third-order valence-electron chi connectivity index (χ3n) is 3.52. The zero-order chi connectivity index (χ0) is 16.5. The van der Waals surface area contributed by atoms with E-state index in [0.29, 0.717) is 0 Å². The predicted molar refractivity (Wildman–Crippen MR) is 101 cm³/mol. The summed E-state index contributed by atoms with van der Waals surface area (Å²) in [5, 5.41) is 8.34. The molecule has 1 aliphatic rings. The van der Waals surface area contributed by atoms with Gasteiger partial charge in [0, 0.05) is 52.4 Å². The Hall–Kier alpha value is -0.700. The van der Waals surface area contributed by atoms with E-state index in [1.807, 2.05) is 0 Å². The Bertz CT molecular complexity index is 319. The molecule has 0 radical (unpaired) electrons. The van der Waals surface area contributed by atoms with E-state index in [2.05, 4.69) is 58.4 Å². The van der Waals surface area contributed by atoms with Crippen LogP contribution in [0.25, 0.3) is 0 Å². The molecular formula is C14H30N6S2. The minimum Gasteiger partial charge on any atom is -0.361 e. The van der Waals surface area contributed by atoms with E-state index in [1.54, 1.807) is 0 Å². The molecule has 6 nitrogen and oxygen atoms in total. The van der Waals surface area contributed by atoms with Crippen LogP contribution in [-0.2, 0) is 0 Å². The van der Waals surface area contributed by atoms with Gasteiger partial charge in [0.1, 0.15) is 0 Å². The summed E-state index contributed by atoms with van der Waals surface area (Å²) < 4.78 is 0. The second kappa shape index (κ2) is 10.1. The first kappa shape index (κ1) is 19.3. The topological polar surface area (TPSA) is 37.0 Å². The Morgan fingerprint density at radius 1 is 0.773 bits per heavy atom. The smallest absolute Gasteiger partial charge is 0.169 e. The van der Waals surface area contributed by atoms with Crippen LogP contribution in [0.3, 0.4) is 0 Å². The third-order valence-corrected chi connectivity index (χ3v) is 4.33. The van der Waals surface area contributed by atoms with Crippen molar-refractivity contribution in [3.63, 3.8) is 0 Å².